The van der Waals surface area contributed by atoms with Crippen molar-refractivity contribution in [3.05, 3.63) is 50.8 Å². The van der Waals surface area contributed by atoms with Crippen molar-refractivity contribution in [1.82, 2.24) is 14.9 Å². The van der Waals surface area contributed by atoms with Crippen LogP contribution in [0.2, 0.25) is 0 Å². The smallest absolute Gasteiger partial charge is 0.258 e. The van der Waals surface area contributed by atoms with E-state index in [0.717, 1.165) is 18.5 Å². The molecule has 7 nitrogen and oxygen atoms in total. The van der Waals surface area contributed by atoms with E-state index in [4.69, 9.17) is 9.47 Å². The zero-order chi connectivity index (χ0) is 21.0. The average molecular weight is 416 g/mol. The summed E-state index contributed by atoms with van der Waals surface area (Å²) in [6.45, 7) is 4.38. The highest BCUT2D eigenvalue weighted by Crippen LogP contribution is 2.33. The van der Waals surface area contributed by atoms with Gasteiger partial charge < -0.3 is 19.4 Å². The first-order valence-electron chi connectivity index (χ1n) is 9.50. The molecule has 0 radical (unpaired) electrons. The lowest BCUT2D eigenvalue weighted by Gasteiger charge is -2.20. The highest BCUT2D eigenvalue weighted by molar-refractivity contribution is 7.07. The number of hydrogen-bond donors (Lipinski definition) is 1. The number of thiazole rings is 1. The average Bonchev–Trinajstić information content (AvgIpc) is 3.27. The molecule has 154 valence electrons. The molecule has 3 rings (SSSR count). The summed E-state index contributed by atoms with van der Waals surface area (Å²) in [5.74, 6) is 0.649. The fourth-order valence-corrected chi connectivity index (χ4v) is 3.97. The second kappa shape index (κ2) is 9.09. The molecule has 0 saturated carbocycles. The van der Waals surface area contributed by atoms with Crippen molar-refractivity contribution in [2.45, 2.75) is 39.3 Å². The van der Waals surface area contributed by atoms with Gasteiger partial charge in [0.2, 0.25) is 0 Å². The third-order valence-electron chi connectivity index (χ3n) is 5.04. The highest BCUT2D eigenvalue weighted by atomic mass is 32.1. The van der Waals surface area contributed by atoms with Gasteiger partial charge in [0.1, 0.15) is 0 Å². The van der Waals surface area contributed by atoms with Gasteiger partial charge in [-0.25, -0.2) is 4.98 Å². The van der Waals surface area contributed by atoms with Gasteiger partial charge in [0, 0.05) is 23.0 Å². The van der Waals surface area contributed by atoms with Gasteiger partial charge in [0.15, 0.2) is 11.5 Å². The Kier molecular flexibility index (Phi) is 6.53. The largest absolute Gasteiger partial charge is 0.493 e. The first-order chi connectivity index (χ1) is 14.0. The first-order valence-corrected chi connectivity index (χ1v) is 10.4. The lowest BCUT2D eigenvalue weighted by Crippen LogP contribution is -2.29. The summed E-state index contributed by atoms with van der Waals surface area (Å²) in [6, 6.07) is 3.34. The number of pyridine rings is 1. The van der Waals surface area contributed by atoms with Crippen molar-refractivity contribution in [1.29, 1.82) is 0 Å². The van der Waals surface area contributed by atoms with Crippen LogP contribution in [0.3, 0.4) is 0 Å². The summed E-state index contributed by atoms with van der Waals surface area (Å²) in [5, 5.41) is 5.75. The van der Waals surface area contributed by atoms with Crippen LogP contribution in [0.1, 0.15) is 48.8 Å². The Bertz CT molecular complexity index is 1060. The number of benzene rings is 1. The van der Waals surface area contributed by atoms with E-state index < -0.39 is 0 Å². The molecule has 1 aromatic carbocycles. The molecule has 2 heterocycles. The van der Waals surface area contributed by atoms with Crippen molar-refractivity contribution < 1.29 is 14.3 Å². The molecule has 0 fully saturated rings. The van der Waals surface area contributed by atoms with Gasteiger partial charge in [0.05, 0.1) is 42.9 Å². The van der Waals surface area contributed by atoms with Gasteiger partial charge in [-0.1, -0.05) is 13.8 Å². The number of rotatable bonds is 8. The molecule has 0 bridgehead atoms. The molecule has 2 aromatic heterocycles. The Hall–Kier alpha value is -2.87. The summed E-state index contributed by atoms with van der Waals surface area (Å²) in [6.07, 6.45) is 3.23. The molecule has 0 aliphatic heterocycles. The van der Waals surface area contributed by atoms with E-state index in [0.29, 0.717) is 34.4 Å². The minimum atomic E-state index is -0.269. The van der Waals surface area contributed by atoms with Crippen LogP contribution in [0.4, 0.5) is 0 Å². The van der Waals surface area contributed by atoms with Crippen molar-refractivity contribution >= 4 is 28.0 Å². The molecule has 29 heavy (non-hydrogen) atoms. The van der Waals surface area contributed by atoms with Gasteiger partial charge >= 0.3 is 0 Å². The molecular formula is C21H25N3O4S. The molecule has 0 aliphatic carbocycles. The molecular weight excluding hydrogens is 390 g/mol. The van der Waals surface area contributed by atoms with Crippen molar-refractivity contribution in [3.8, 4) is 11.5 Å². The van der Waals surface area contributed by atoms with Crippen molar-refractivity contribution in [3.63, 3.8) is 0 Å². The summed E-state index contributed by atoms with van der Waals surface area (Å²) < 4.78 is 12.4. The fraction of sp³-hybridized carbons (Fsp3) is 0.381. The van der Waals surface area contributed by atoms with E-state index >= 15 is 0 Å². The maximum Gasteiger partial charge on any atom is 0.258 e. The number of ether oxygens (including phenoxy) is 2. The fourth-order valence-electron chi connectivity index (χ4n) is 3.41. The van der Waals surface area contributed by atoms with Crippen molar-refractivity contribution in [2.24, 2.45) is 0 Å². The number of fused-ring (bicyclic) bond motifs is 1. The van der Waals surface area contributed by atoms with Gasteiger partial charge in [-0.2, -0.15) is 0 Å². The zero-order valence-corrected chi connectivity index (χ0v) is 17.8. The minimum Gasteiger partial charge on any atom is -0.493 e. The minimum absolute atomic E-state index is 0.00471. The van der Waals surface area contributed by atoms with Crippen LogP contribution in [0, 0.1) is 0 Å². The SMILES string of the molecule is CCC(CC)n1cc(C(=O)NCc2cscn2)c2cc(OC)c(OC)cc2c1=O. The normalized spacial score (nSPS) is 11.1. The molecule has 0 spiro atoms. The van der Waals surface area contributed by atoms with Crippen LogP contribution in [-0.4, -0.2) is 29.7 Å². The van der Waals surface area contributed by atoms with E-state index in [2.05, 4.69) is 10.3 Å². The number of nitrogens with one attached hydrogen (secondary N) is 1. The van der Waals surface area contributed by atoms with Crippen LogP contribution in [0.25, 0.3) is 10.8 Å². The van der Waals surface area contributed by atoms with Crippen LogP contribution >= 0.6 is 11.3 Å². The third kappa shape index (κ3) is 4.12. The van der Waals surface area contributed by atoms with E-state index in [1.165, 1.54) is 25.6 Å². The lowest BCUT2D eigenvalue weighted by molar-refractivity contribution is 0.0951. The Labute approximate surface area is 173 Å². The maximum atomic E-state index is 13.2. The zero-order valence-electron chi connectivity index (χ0n) is 17.0. The van der Waals surface area contributed by atoms with Crippen LogP contribution in [-0.2, 0) is 6.54 Å². The summed E-state index contributed by atoms with van der Waals surface area (Å²) in [5.41, 5.74) is 2.79. The van der Waals surface area contributed by atoms with Crippen molar-refractivity contribution in [2.75, 3.05) is 14.2 Å². The number of carbonyl (C=O) groups excluding carboxylic acids is 1. The van der Waals surface area contributed by atoms with Gasteiger partial charge in [0.25, 0.3) is 11.5 Å². The number of methoxy groups -OCH3 is 2. The predicted molar refractivity (Wildman–Crippen MR) is 114 cm³/mol. The van der Waals surface area contributed by atoms with Crippen LogP contribution in [0.15, 0.2) is 34.0 Å². The second-order valence-corrected chi connectivity index (χ2v) is 7.36. The molecule has 0 atom stereocenters. The van der Waals surface area contributed by atoms with E-state index in [9.17, 15) is 9.59 Å². The van der Waals surface area contributed by atoms with Gasteiger partial charge in [-0.15, -0.1) is 11.3 Å². The second-order valence-electron chi connectivity index (χ2n) is 6.64. The Morgan fingerprint density at radius 2 is 1.83 bits per heavy atom. The number of nitrogens with zero attached hydrogens (tertiary/aromatic N) is 2. The number of hydrogen-bond acceptors (Lipinski definition) is 6. The highest BCUT2D eigenvalue weighted by Gasteiger charge is 2.20. The standard InChI is InChI=1S/C21H25N3O4S/c1-5-14(6-2)24-10-17(20(25)22-9-13-11-29-12-23-13)15-7-18(27-3)19(28-4)8-16(15)21(24)26/h7-8,10-12,14H,5-6,9H2,1-4H3,(H,22,25). The molecule has 8 heteroatoms. The summed E-state index contributed by atoms with van der Waals surface area (Å²) in [7, 11) is 3.05. The van der Waals surface area contributed by atoms with Gasteiger partial charge in [-0.05, 0) is 25.0 Å². The predicted octanol–water partition coefficient (Wildman–Crippen LogP) is 3.77. The lowest BCUT2D eigenvalue weighted by atomic mass is 10.0. The van der Waals surface area contributed by atoms with E-state index in [1.807, 2.05) is 19.2 Å². The Balaban J connectivity index is 2.17. The molecule has 1 amide bonds. The monoisotopic (exact) mass is 415 g/mol. The molecule has 0 saturated heterocycles. The van der Waals surface area contributed by atoms with Crippen LogP contribution < -0.4 is 20.3 Å². The maximum absolute atomic E-state index is 13.2. The summed E-state index contributed by atoms with van der Waals surface area (Å²) >= 11 is 1.47. The number of amides is 1. The first kappa shape index (κ1) is 20.9. The topological polar surface area (TPSA) is 82.5 Å². The quantitative estimate of drug-likeness (QED) is 0.606. The molecule has 3 aromatic rings. The van der Waals surface area contributed by atoms with E-state index in [1.54, 1.807) is 28.4 Å². The number of aromatic nitrogens is 2. The molecule has 1 N–H and O–H groups in total. The van der Waals surface area contributed by atoms with Gasteiger partial charge in [-0.3, -0.25) is 9.59 Å². The Morgan fingerprint density at radius 3 is 2.38 bits per heavy atom. The third-order valence-corrected chi connectivity index (χ3v) is 5.68. The number of carbonyl (C=O) groups is 1. The molecule has 0 aliphatic rings. The Morgan fingerprint density at radius 1 is 1.17 bits per heavy atom. The molecule has 0 unspecified atom stereocenters. The summed E-state index contributed by atoms with van der Waals surface area (Å²) in [4.78, 5) is 30.4. The van der Waals surface area contributed by atoms with E-state index in [-0.39, 0.29) is 17.5 Å². The van der Waals surface area contributed by atoms with Crippen LogP contribution in [0.5, 0.6) is 11.5 Å².